The summed E-state index contributed by atoms with van der Waals surface area (Å²) in [6.45, 7) is 7.53. The van der Waals surface area contributed by atoms with Gasteiger partial charge in [-0.1, -0.05) is 63.1 Å². The fraction of sp³-hybridized carbons (Fsp3) is 0.625. The van der Waals surface area contributed by atoms with Crippen LogP contribution in [0, 0.1) is 6.58 Å². The highest BCUT2D eigenvalue weighted by Gasteiger charge is 1.84. The van der Waals surface area contributed by atoms with Crippen LogP contribution in [0.4, 0.5) is 0 Å². The first-order chi connectivity index (χ1) is 7.91. The molecule has 0 atom stereocenters. The minimum atomic E-state index is 0.896. The number of hydrogen-bond donors (Lipinski definition) is 0. The van der Waals surface area contributed by atoms with E-state index < -0.39 is 0 Å². The quantitative estimate of drug-likeness (QED) is 0.312. The predicted octanol–water partition coefficient (Wildman–Crippen LogP) is 5.62. The van der Waals surface area contributed by atoms with Gasteiger partial charge in [0.2, 0.25) is 0 Å². The number of hydrogen-bond acceptors (Lipinski definition) is 0. The monoisotopic (exact) mass is 219 g/mol. The molecule has 0 aliphatic rings. The van der Waals surface area contributed by atoms with Crippen LogP contribution in [0.5, 0.6) is 0 Å². The second kappa shape index (κ2) is 14.2. The zero-order chi connectivity index (χ0) is 11.9. The molecule has 0 aromatic rings. The first-order valence-corrected chi connectivity index (χ1v) is 6.75. The molecule has 16 heavy (non-hydrogen) atoms. The molecule has 0 fully saturated rings. The first kappa shape index (κ1) is 15.2. The van der Waals surface area contributed by atoms with E-state index in [1.165, 1.54) is 51.4 Å². The molecule has 0 spiro atoms. The van der Waals surface area contributed by atoms with Crippen LogP contribution in [0.25, 0.3) is 0 Å². The van der Waals surface area contributed by atoms with Gasteiger partial charge in [-0.3, -0.25) is 0 Å². The third kappa shape index (κ3) is 13.2. The van der Waals surface area contributed by atoms with Crippen molar-refractivity contribution in [2.45, 2.75) is 64.7 Å². The van der Waals surface area contributed by atoms with Crippen LogP contribution < -0.4 is 0 Å². The van der Waals surface area contributed by atoms with Crippen molar-refractivity contribution in [3.63, 3.8) is 0 Å². The van der Waals surface area contributed by atoms with Gasteiger partial charge in [0.1, 0.15) is 0 Å². The highest BCUT2D eigenvalue weighted by atomic mass is 13.9. The van der Waals surface area contributed by atoms with Gasteiger partial charge >= 0.3 is 0 Å². The van der Waals surface area contributed by atoms with Crippen molar-refractivity contribution in [2.24, 2.45) is 0 Å². The predicted molar refractivity (Wildman–Crippen MR) is 74.4 cm³/mol. The number of rotatable bonds is 11. The Labute approximate surface area is 102 Å². The molecule has 0 saturated carbocycles. The van der Waals surface area contributed by atoms with E-state index in [-0.39, 0.29) is 0 Å². The van der Waals surface area contributed by atoms with Crippen molar-refractivity contribution < 1.29 is 0 Å². The van der Waals surface area contributed by atoms with Gasteiger partial charge in [0.25, 0.3) is 0 Å². The van der Waals surface area contributed by atoms with Gasteiger partial charge in [-0.05, 0) is 38.5 Å². The van der Waals surface area contributed by atoms with Crippen LogP contribution in [0.1, 0.15) is 64.7 Å². The lowest BCUT2D eigenvalue weighted by Crippen LogP contribution is -1.74. The molecule has 0 unspecified atom stereocenters. The normalized spacial score (nSPS) is 11.6. The Bertz CT molecular complexity index is 186. The van der Waals surface area contributed by atoms with Crippen molar-refractivity contribution in [2.75, 3.05) is 0 Å². The van der Waals surface area contributed by atoms with Crippen molar-refractivity contribution in [3.05, 3.63) is 37.0 Å². The lowest BCUT2D eigenvalue weighted by atomic mass is 10.1. The summed E-state index contributed by atoms with van der Waals surface area (Å²) >= 11 is 0. The minimum Gasteiger partial charge on any atom is -0.0885 e. The third-order valence-electron chi connectivity index (χ3n) is 2.57. The Hall–Kier alpha value is -0.780. The molecule has 0 rings (SSSR count). The molecular formula is C16H27. The van der Waals surface area contributed by atoms with E-state index in [4.69, 9.17) is 6.58 Å². The molecule has 0 aliphatic heterocycles. The summed E-state index contributed by atoms with van der Waals surface area (Å²) in [4.78, 5) is 0. The van der Waals surface area contributed by atoms with E-state index in [2.05, 4.69) is 31.2 Å². The Morgan fingerprint density at radius 1 is 0.750 bits per heavy atom. The molecule has 0 heterocycles. The van der Waals surface area contributed by atoms with Gasteiger partial charge in [0, 0.05) is 0 Å². The third-order valence-corrected chi connectivity index (χ3v) is 2.57. The van der Waals surface area contributed by atoms with Gasteiger partial charge in [-0.2, -0.15) is 0 Å². The SMILES string of the molecule is [CH]=CCC=CCCCC=CCCCCCC. The van der Waals surface area contributed by atoms with E-state index in [9.17, 15) is 0 Å². The maximum Gasteiger partial charge on any atom is -0.0166 e. The smallest absolute Gasteiger partial charge is 0.0166 e. The van der Waals surface area contributed by atoms with E-state index >= 15 is 0 Å². The van der Waals surface area contributed by atoms with Gasteiger partial charge < -0.3 is 0 Å². The summed E-state index contributed by atoms with van der Waals surface area (Å²) in [5.74, 6) is 0. The molecule has 1 radical (unpaired) electrons. The molecule has 0 heteroatoms. The van der Waals surface area contributed by atoms with Crippen molar-refractivity contribution in [3.8, 4) is 0 Å². The maximum absolute atomic E-state index is 5.27. The molecule has 0 nitrogen and oxygen atoms in total. The Morgan fingerprint density at radius 3 is 2.00 bits per heavy atom. The summed E-state index contributed by atoms with van der Waals surface area (Å²) < 4.78 is 0. The molecule has 0 amide bonds. The second-order valence-corrected chi connectivity index (χ2v) is 4.19. The van der Waals surface area contributed by atoms with Gasteiger partial charge in [-0.15, -0.1) is 0 Å². The second-order valence-electron chi connectivity index (χ2n) is 4.19. The summed E-state index contributed by atoms with van der Waals surface area (Å²) in [7, 11) is 0. The average Bonchev–Trinajstić information content (AvgIpc) is 2.31. The Morgan fingerprint density at radius 2 is 1.38 bits per heavy atom. The largest absolute Gasteiger partial charge is 0.0885 e. The first-order valence-electron chi connectivity index (χ1n) is 6.75. The molecule has 0 N–H and O–H groups in total. The average molecular weight is 219 g/mol. The summed E-state index contributed by atoms with van der Waals surface area (Å²) in [5, 5.41) is 0. The van der Waals surface area contributed by atoms with Crippen molar-refractivity contribution >= 4 is 0 Å². The lowest BCUT2D eigenvalue weighted by Gasteiger charge is -1.94. The topological polar surface area (TPSA) is 0 Å². The Balaban J connectivity index is 3.12. The highest BCUT2D eigenvalue weighted by Crippen LogP contribution is 2.04. The van der Waals surface area contributed by atoms with Crippen molar-refractivity contribution in [1.29, 1.82) is 0 Å². The fourth-order valence-corrected chi connectivity index (χ4v) is 1.57. The standard InChI is InChI=1S/C16H27/c1-3-5-7-9-11-13-15-16-14-12-10-8-6-4-2/h1,3,7,9,14,16H,4-6,8,10-13,15H2,2H3. The van der Waals surface area contributed by atoms with Gasteiger partial charge in [0.05, 0.1) is 0 Å². The molecule has 0 bridgehead atoms. The van der Waals surface area contributed by atoms with Crippen LogP contribution in [0.15, 0.2) is 30.4 Å². The van der Waals surface area contributed by atoms with E-state index in [1.54, 1.807) is 6.08 Å². The van der Waals surface area contributed by atoms with E-state index in [0.29, 0.717) is 0 Å². The number of unbranched alkanes of at least 4 members (excludes halogenated alkanes) is 6. The van der Waals surface area contributed by atoms with Gasteiger partial charge in [0.15, 0.2) is 0 Å². The molecule has 91 valence electrons. The summed E-state index contributed by atoms with van der Waals surface area (Å²) in [6, 6.07) is 0. The van der Waals surface area contributed by atoms with Crippen LogP contribution >= 0.6 is 0 Å². The van der Waals surface area contributed by atoms with Crippen LogP contribution in [0.3, 0.4) is 0 Å². The highest BCUT2D eigenvalue weighted by molar-refractivity contribution is 4.88. The van der Waals surface area contributed by atoms with Gasteiger partial charge in [-0.25, -0.2) is 0 Å². The number of allylic oxidation sites excluding steroid dienone is 5. The fourth-order valence-electron chi connectivity index (χ4n) is 1.57. The molecule has 0 aromatic carbocycles. The van der Waals surface area contributed by atoms with Crippen LogP contribution in [0.2, 0.25) is 0 Å². The van der Waals surface area contributed by atoms with Crippen molar-refractivity contribution in [1.82, 2.24) is 0 Å². The van der Waals surface area contributed by atoms with Crippen LogP contribution in [-0.4, -0.2) is 0 Å². The molecule has 0 saturated heterocycles. The Kier molecular flexibility index (Phi) is 13.5. The summed E-state index contributed by atoms with van der Waals surface area (Å²) in [6.07, 6.45) is 22.0. The molecule has 0 aromatic heterocycles. The minimum absolute atomic E-state index is 0.896. The lowest BCUT2D eigenvalue weighted by molar-refractivity contribution is 0.673. The van der Waals surface area contributed by atoms with E-state index in [0.717, 1.165) is 6.42 Å². The zero-order valence-corrected chi connectivity index (χ0v) is 10.8. The zero-order valence-electron chi connectivity index (χ0n) is 10.8. The molecular weight excluding hydrogens is 192 g/mol. The van der Waals surface area contributed by atoms with E-state index in [1.807, 2.05) is 0 Å². The maximum atomic E-state index is 5.27. The van der Waals surface area contributed by atoms with Crippen LogP contribution in [-0.2, 0) is 0 Å². The molecule has 0 aliphatic carbocycles. The summed E-state index contributed by atoms with van der Waals surface area (Å²) in [5.41, 5.74) is 0.